The summed E-state index contributed by atoms with van der Waals surface area (Å²) in [6.45, 7) is 1.62. The molecule has 0 aliphatic rings. The van der Waals surface area contributed by atoms with E-state index < -0.39 is 5.97 Å². The molecule has 0 fully saturated rings. The highest BCUT2D eigenvalue weighted by Gasteiger charge is 2.01. The van der Waals surface area contributed by atoms with E-state index in [1.54, 1.807) is 13.0 Å². The number of rotatable bonds is 3. The summed E-state index contributed by atoms with van der Waals surface area (Å²) in [7, 11) is 0. The van der Waals surface area contributed by atoms with Crippen LogP contribution >= 0.6 is 0 Å². The summed E-state index contributed by atoms with van der Waals surface area (Å²) in [5, 5.41) is 11.2. The first-order valence-corrected chi connectivity index (χ1v) is 5.55. The molecule has 0 aliphatic carbocycles. The second-order valence-corrected chi connectivity index (χ2v) is 4.03. The second-order valence-electron chi connectivity index (χ2n) is 4.03. The average Bonchev–Trinajstić information content (AvgIpc) is 2.35. The van der Waals surface area contributed by atoms with E-state index in [1.165, 1.54) is 10.8 Å². The largest absolute Gasteiger partial charge is 0.478 e. The first-order chi connectivity index (χ1) is 8.18. The molecule has 0 aliphatic heterocycles. The Kier molecular flexibility index (Phi) is 3.24. The van der Waals surface area contributed by atoms with Crippen LogP contribution in [0.2, 0.25) is 0 Å². The molecule has 0 atom stereocenters. The lowest BCUT2D eigenvalue weighted by Gasteiger charge is -2.04. The molecule has 1 N–H and O–H groups in total. The summed E-state index contributed by atoms with van der Waals surface area (Å²) in [6.07, 6.45) is 2.41. The highest BCUT2D eigenvalue weighted by Crippen LogP contribution is 2.19. The van der Waals surface area contributed by atoms with Crippen molar-refractivity contribution in [3.05, 3.63) is 59.7 Å². The topological polar surface area (TPSA) is 37.3 Å². The molecule has 17 heavy (non-hydrogen) atoms. The summed E-state index contributed by atoms with van der Waals surface area (Å²) < 4.78 is 0. The molecule has 86 valence electrons. The Morgan fingerprint density at radius 1 is 1.18 bits per heavy atom. The molecule has 2 rings (SSSR count). The molecule has 2 aromatic rings. The Labute approximate surface area is 100 Å². The van der Waals surface area contributed by atoms with Crippen LogP contribution in [0.1, 0.15) is 12.5 Å². The van der Waals surface area contributed by atoms with Crippen LogP contribution in [0.25, 0.3) is 10.8 Å². The highest BCUT2D eigenvalue weighted by molar-refractivity contribution is 5.87. The van der Waals surface area contributed by atoms with Gasteiger partial charge in [0.2, 0.25) is 0 Å². The standard InChI is InChI=1S/C15H14O2/c1-11(15(16)17)9-10-13-7-4-6-12-5-2-3-8-14(12)13/h2-9H,10H2,1H3,(H,16,17). The Hall–Kier alpha value is -2.09. The maximum Gasteiger partial charge on any atom is 0.330 e. The molecule has 0 unspecified atom stereocenters. The minimum atomic E-state index is -0.856. The lowest BCUT2D eigenvalue weighted by molar-refractivity contribution is -0.132. The van der Waals surface area contributed by atoms with E-state index in [4.69, 9.17) is 5.11 Å². The van der Waals surface area contributed by atoms with Crippen molar-refractivity contribution in [2.24, 2.45) is 0 Å². The van der Waals surface area contributed by atoms with E-state index >= 15 is 0 Å². The van der Waals surface area contributed by atoms with Crippen LogP contribution in [0.15, 0.2) is 54.1 Å². The van der Waals surface area contributed by atoms with Gasteiger partial charge in [0.25, 0.3) is 0 Å². The fourth-order valence-corrected chi connectivity index (χ4v) is 1.82. The summed E-state index contributed by atoms with van der Waals surface area (Å²) in [4.78, 5) is 10.7. The van der Waals surface area contributed by atoms with E-state index in [0.29, 0.717) is 12.0 Å². The molecule has 0 saturated heterocycles. The zero-order chi connectivity index (χ0) is 12.3. The van der Waals surface area contributed by atoms with E-state index in [2.05, 4.69) is 18.2 Å². The van der Waals surface area contributed by atoms with Gasteiger partial charge in [-0.3, -0.25) is 0 Å². The molecule has 0 bridgehead atoms. The van der Waals surface area contributed by atoms with Crippen molar-refractivity contribution < 1.29 is 9.90 Å². The molecule has 2 aromatic carbocycles. The first kappa shape index (κ1) is 11.4. The van der Waals surface area contributed by atoms with Gasteiger partial charge in [-0.05, 0) is 29.7 Å². The molecule has 2 heteroatoms. The van der Waals surface area contributed by atoms with Gasteiger partial charge in [-0.25, -0.2) is 4.79 Å². The minimum absolute atomic E-state index is 0.387. The van der Waals surface area contributed by atoms with Gasteiger partial charge in [0.05, 0.1) is 0 Å². The van der Waals surface area contributed by atoms with Crippen molar-refractivity contribution in [2.75, 3.05) is 0 Å². The highest BCUT2D eigenvalue weighted by atomic mass is 16.4. The number of carboxylic acid groups (broad SMARTS) is 1. The average molecular weight is 226 g/mol. The van der Waals surface area contributed by atoms with Crippen LogP contribution < -0.4 is 0 Å². The maximum atomic E-state index is 10.7. The Morgan fingerprint density at radius 3 is 2.65 bits per heavy atom. The predicted molar refractivity (Wildman–Crippen MR) is 69.0 cm³/mol. The number of benzene rings is 2. The van der Waals surface area contributed by atoms with E-state index in [1.807, 2.05) is 24.3 Å². The fraction of sp³-hybridized carbons (Fsp3) is 0.133. The third kappa shape index (κ3) is 2.53. The van der Waals surface area contributed by atoms with Gasteiger partial charge in [0.1, 0.15) is 0 Å². The van der Waals surface area contributed by atoms with Crippen LogP contribution in [0, 0.1) is 0 Å². The summed E-state index contributed by atoms with van der Waals surface area (Å²) in [5.41, 5.74) is 1.54. The van der Waals surface area contributed by atoms with Crippen molar-refractivity contribution in [3.63, 3.8) is 0 Å². The second kappa shape index (κ2) is 4.83. The van der Waals surface area contributed by atoms with Crippen LogP contribution in [-0.4, -0.2) is 11.1 Å². The van der Waals surface area contributed by atoms with Gasteiger partial charge in [0.15, 0.2) is 0 Å². The van der Waals surface area contributed by atoms with Gasteiger partial charge < -0.3 is 5.11 Å². The van der Waals surface area contributed by atoms with E-state index in [9.17, 15) is 4.79 Å². The predicted octanol–water partition coefficient (Wildman–Crippen LogP) is 3.41. The van der Waals surface area contributed by atoms with Gasteiger partial charge in [-0.15, -0.1) is 0 Å². The lowest BCUT2D eigenvalue weighted by Crippen LogP contribution is -1.96. The minimum Gasteiger partial charge on any atom is -0.478 e. The molecule has 2 nitrogen and oxygen atoms in total. The number of fused-ring (bicyclic) bond motifs is 1. The zero-order valence-electron chi connectivity index (χ0n) is 9.68. The molecule has 0 aromatic heterocycles. The lowest BCUT2D eigenvalue weighted by atomic mass is 10.0. The SMILES string of the molecule is CC(=CCc1cccc2ccccc12)C(=O)O. The third-order valence-electron chi connectivity index (χ3n) is 2.85. The van der Waals surface area contributed by atoms with Crippen molar-refractivity contribution in [1.82, 2.24) is 0 Å². The van der Waals surface area contributed by atoms with Crippen molar-refractivity contribution >= 4 is 16.7 Å². The number of hydrogen-bond acceptors (Lipinski definition) is 1. The number of carbonyl (C=O) groups is 1. The molecule has 0 saturated carbocycles. The van der Waals surface area contributed by atoms with Crippen molar-refractivity contribution in [3.8, 4) is 0 Å². The molecule has 0 heterocycles. The maximum absolute atomic E-state index is 10.7. The Morgan fingerprint density at radius 2 is 1.88 bits per heavy atom. The van der Waals surface area contributed by atoms with Gasteiger partial charge in [-0.1, -0.05) is 48.5 Å². The molecule has 0 amide bonds. The van der Waals surface area contributed by atoms with Crippen LogP contribution in [0.5, 0.6) is 0 Å². The van der Waals surface area contributed by atoms with Gasteiger partial charge in [0, 0.05) is 5.57 Å². The molecule has 0 spiro atoms. The van der Waals surface area contributed by atoms with Gasteiger partial charge >= 0.3 is 5.97 Å². The van der Waals surface area contributed by atoms with Crippen molar-refractivity contribution in [1.29, 1.82) is 0 Å². The van der Waals surface area contributed by atoms with E-state index in [0.717, 1.165) is 5.56 Å². The molecular weight excluding hydrogens is 212 g/mol. The first-order valence-electron chi connectivity index (χ1n) is 5.55. The van der Waals surface area contributed by atoms with Crippen molar-refractivity contribution in [2.45, 2.75) is 13.3 Å². The quantitative estimate of drug-likeness (QED) is 0.814. The monoisotopic (exact) mass is 226 g/mol. The van der Waals surface area contributed by atoms with Crippen LogP contribution in [-0.2, 0) is 11.2 Å². The van der Waals surface area contributed by atoms with Crippen LogP contribution in [0.3, 0.4) is 0 Å². The van der Waals surface area contributed by atoms with Gasteiger partial charge in [-0.2, -0.15) is 0 Å². The number of hydrogen-bond donors (Lipinski definition) is 1. The van der Waals surface area contributed by atoms with E-state index in [-0.39, 0.29) is 0 Å². The summed E-state index contributed by atoms with van der Waals surface area (Å²) in [6, 6.07) is 14.2. The normalized spacial score (nSPS) is 11.7. The Bertz CT molecular complexity index is 577. The fourth-order valence-electron chi connectivity index (χ4n) is 1.82. The number of aliphatic carboxylic acids is 1. The molecule has 0 radical (unpaired) electrons. The number of carboxylic acids is 1. The smallest absolute Gasteiger partial charge is 0.330 e. The van der Waals surface area contributed by atoms with Crippen LogP contribution in [0.4, 0.5) is 0 Å². The number of allylic oxidation sites excluding steroid dienone is 1. The summed E-state index contributed by atoms with van der Waals surface area (Å²) in [5.74, 6) is -0.856. The Balaban J connectivity index is 2.37. The third-order valence-corrected chi connectivity index (χ3v) is 2.85. The summed E-state index contributed by atoms with van der Waals surface area (Å²) >= 11 is 0. The molecular formula is C15H14O2. The zero-order valence-corrected chi connectivity index (χ0v) is 9.68.